The summed E-state index contributed by atoms with van der Waals surface area (Å²) in [5.74, 6) is 0. The van der Waals surface area contributed by atoms with Crippen molar-refractivity contribution in [3.63, 3.8) is 0 Å². The Bertz CT molecular complexity index is 356. The first-order valence-corrected chi connectivity index (χ1v) is 7.78. The Balaban J connectivity index is 2.47. The molecule has 0 radical (unpaired) electrons. The summed E-state index contributed by atoms with van der Waals surface area (Å²) in [5.41, 5.74) is 1.23. The number of nitrogens with zero attached hydrogens (tertiary/aromatic N) is 1. The van der Waals surface area contributed by atoms with Crippen molar-refractivity contribution in [2.75, 3.05) is 26.3 Å². The van der Waals surface area contributed by atoms with Crippen LogP contribution >= 0.6 is 0 Å². The third kappa shape index (κ3) is 8.83. The summed E-state index contributed by atoms with van der Waals surface area (Å²) in [6, 6.07) is 10.2. The van der Waals surface area contributed by atoms with Gasteiger partial charge >= 0.3 is 0 Å². The molecule has 2 N–H and O–H groups in total. The lowest BCUT2D eigenvalue weighted by atomic mass is 10.2. The fourth-order valence-corrected chi connectivity index (χ4v) is 2.18. The molecule has 1 aromatic carbocycles. The Hall–Kier alpha value is -0.940. The van der Waals surface area contributed by atoms with Crippen molar-refractivity contribution in [1.29, 1.82) is 0 Å². The second-order valence-corrected chi connectivity index (χ2v) is 5.69. The van der Waals surface area contributed by atoms with Gasteiger partial charge in [-0.15, -0.1) is 0 Å². The van der Waals surface area contributed by atoms with E-state index >= 15 is 0 Å². The van der Waals surface area contributed by atoms with Gasteiger partial charge in [-0.2, -0.15) is 0 Å². The molecule has 120 valence electrons. The lowest BCUT2D eigenvalue weighted by Gasteiger charge is -2.25. The molecule has 0 spiro atoms. The van der Waals surface area contributed by atoms with E-state index in [1.165, 1.54) is 5.56 Å². The van der Waals surface area contributed by atoms with Gasteiger partial charge in [-0.3, -0.25) is 4.90 Å². The second kappa shape index (κ2) is 10.7. The van der Waals surface area contributed by atoms with Gasteiger partial charge in [0.25, 0.3) is 0 Å². The summed E-state index contributed by atoms with van der Waals surface area (Å²) in [6.45, 7) is 6.79. The van der Waals surface area contributed by atoms with Gasteiger partial charge in [0.2, 0.25) is 0 Å². The molecule has 0 aliphatic heterocycles. The normalized spacial score (nSPS) is 13.0. The second-order valence-electron chi connectivity index (χ2n) is 5.69. The number of unbranched alkanes of at least 4 members (excludes halogenated alkanes) is 1. The van der Waals surface area contributed by atoms with E-state index in [1.54, 1.807) is 0 Å². The molecular weight excluding hydrogens is 266 g/mol. The van der Waals surface area contributed by atoms with Crippen LogP contribution < -0.4 is 0 Å². The predicted molar refractivity (Wildman–Crippen MR) is 85.1 cm³/mol. The van der Waals surface area contributed by atoms with Gasteiger partial charge in [-0.1, -0.05) is 30.3 Å². The number of aliphatic hydroxyl groups is 2. The van der Waals surface area contributed by atoms with Gasteiger partial charge in [0.15, 0.2) is 0 Å². The van der Waals surface area contributed by atoms with Crippen molar-refractivity contribution in [2.45, 2.75) is 45.4 Å². The predicted octanol–water partition coefficient (Wildman–Crippen LogP) is 2.05. The van der Waals surface area contributed by atoms with Crippen molar-refractivity contribution in [2.24, 2.45) is 0 Å². The van der Waals surface area contributed by atoms with Crippen LogP contribution in [-0.4, -0.2) is 53.6 Å². The molecule has 0 fully saturated rings. The van der Waals surface area contributed by atoms with Crippen LogP contribution in [0.1, 0.15) is 32.3 Å². The van der Waals surface area contributed by atoms with Crippen molar-refractivity contribution in [3.05, 3.63) is 35.9 Å². The number of ether oxygens (including phenoxy) is 1. The van der Waals surface area contributed by atoms with Gasteiger partial charge in [-0.25, -0.2) is 0 Å². The van der Waals surface area contributed by atoms with Crippen molar-refractivity contribution in [3.8, 4) is 0 Å². The molecule has 0 aliphatic carbocycles. The van der Waals surface area contributed by atoms with E-state index in [9.17, 15) is 5.11 Å². The molecule has 1 unspecified atom stereocenters. The molecule has 21 heavy (non-hydrogen) atoms. The first-order chi connectivity index (χ1) is 10.1. The lowest BCUT2D eigenvalue weighted by Crippen LogP contribution is -2.35. The number of hydrogen-bond acceptors (Lipinski definition) is 4. The summed E-state index contributed by atoms with van der Waals surface area (Å²) in [7, 11) is 0. The largest absolute Gasteiger partial charge is 0.396 e. The third-order valence-electron chi connectivity index (χ3n) is 3.22. The maximum absolute atomic E-state index is 10.1. The molecule has 0 amide bonds. The molecule has 4 heteroatoms. The minimum atomic E-state index is -0.481. The van der Waals surface area contributed by atoms with Gasteiger partial charge in [0.05, 0.1) is 18.8 Å². The Kier molecular flexibility index (Phi) is 9.26. The van der Waals surface area contributed by atoms with Crippen molar-refractivity contribution >= 4 is 0 Å². The van der Waals surface area contributed by atoms with Gasteiger partial charge in [-0.05, 0) is 38.8 Å². The molecule has 1 rings (SSSR count). The summed E-state index contributed by atoms with van der Waals surface area (Å²) in [4.78, 5) is 2.22. The van der Waals surface area contributed by atoms with E-state index in [2.05, 4.69) is 17.0 Å². The third-order valence-corrected chi connectivity index (χ3v) is 3.22. The molecule has 4 nitrogen and oxygen atoms in total. The first kappa shape index (κ1) is 18.1. The molecule has 1 aromatic rings. The number of hydrogen-bond donors (Lipinski definition) is 2. The van der Waals surface area contributed by atoms with E-state index in [4.69, 9.17) is 9.84 Å². The summed E-state index contributed by atoms with van der Waals surface area (Å²) >= 11 is 0. The Labute approximate surface area is 128 Å². The molecule has 1 atom stereocenters. The average Bonchev–Trinajstić information content (AvgIpc) is 2.46. The molecule has 0 aliphatic rings. The van der Waals surface area contributed by atoms with Gasteiger partial charge < -0.3 is 14.9 Å². The van der Waals surface area contributed by atoms with Crippen LogP contribution in [0.25, 0.3) is 0 Å². The molecular formula is C17H29NO3. The van der Waals surface area contributed by atoms with E-state index < -0.39 is 6.10 Å². The topological polar surface area (TPSA) is 52.9 Å². The molecule has 0 bridgehead atoms. The minimum Gasteiger partial charge on any atom is -0.396 e. The van der Waals surface area contributed by atoms with Gasteiger partial charge in [0, 0.05) is 19.7 Å². The monoisotopic (exact) mass is 295 g/mol. The molecule has 0 aromatic heterocycles. The minimum absolute atomic E-state index is 0.136. The molecule has 0 saturated carbocycles. The highest BCUT2D eigenvalue weighted by Crippen LogP contribution is 2.07. The first-order valence-electron chi connectivity index (χ1n) is 7.78. The smallest absolute Gasteiger partial charge is 0.0900 e. The fraction of sp³-hybridized carbons (Fsp3) is 0.647. The van der Waals surface area contributed by atoms with Crippen LogP contribution in [0, 0.1) is 0 Å². The molecule has 0 saturated heterocycles. The Morgan fingerprint density at radius 2 is 1.86 bits per heavy atom. The van der Waals surface area contributed by atoms with Crippen LogP contribution in [0.5, 0.6) is 0 Å². The summed E-state index contributed by atoms with van der Waals surface area (Å²) in [6.07, 6.45) is 1.38. The average molecular weight is 295 g/mol. The van der Waals surface area contributed by atoms with Crippen molar-refractivity contribution < 1.29 is 14.9 Å². The lowest BCUT2D eigenvalue weighted by molar-refractivity contribution is -0.00979. The Morgan fingerprint density at radius 1 is 1.14 bits per heavy atom. The van der Waals surface area contributed by atoms with Crippen LogP contribution in [0.15, 0.2) is 30.3 Å². The quantitative estimate of drug-likeness (QED) is 0.614. The Morgan fingerprint density at radius 3 is 2.48 bits per heavy atom. The van der Waals surface area contributed by atoms with Crippen LogP contribution in [-0.2, 0) is 11.3 Å². The van der Waals surface area contributed by atoms with Crippen molar-refractivity contribution in [1.82, 2.24) is 4.90 Å². The zero-order chi connectivity index (χ0) is 15.5. The van der Waals surface area contributed by atoms with E-state index in [0.29, 0.717) is 13.2 Å². The number of aliphatic hydroxyl groups excluding tert-OH is 2. The standard InChI is InChI=1S/C17H29NO3/c1-15(2)21-14-17(20)13-18(10-6-7-11-19)12-16-8-4-3-5-9-16/h3-5,8-9,15,17,19-20H,6-7,10-14H2,1-2H3. The molecule has 0 heterocycles. The maximum Gasteiger partial charge on any atom is 0.0900 e. The highest BCUT2D eigenvalue weighted by molar-refractivity contribution is 5.14. The maximum atomic E-state index is 10.1. The number of rotatable bonds is 11. The highest BCUT2D eigenvalue weighted by Gasteiger charge is 2.13. The van der Waals surface area contributed by atoms with Crippen LogP contribution in [0.4, 0.5) is 0 Å². The van der Waals surface area contributed by atoms with Crippen LogP contribution in [0.2, 0.25) is 0 Å². The van der Waals surface area contributed by atoms with Gasteiger partial charge in [0.1, 0.15) is 0 Å². The van der Waals surface area contributed by atoms with E-state index in [-0.39, 0.29) is 12.7 Å². The fourth-order valence-electron chi connectivity index (χ4n) is 2.18. The summed E-state index contributed by atoms with van der Waals surface area (Å²) < 4.78 is 5.46. The number of benzene rings is 1. The highest BCUT2D eigenvalue weighted by atomic mass is 16.5. The SMILES string of the molecule is CC(C)OCC(O)CN(CCCCO)Cc1ccccc1. The van der Waals surface area contributed by atoms with Crippen LogP contribution in [0.3, 0.4) is 0 Å². The summed E-state index contributed by atoms with van der Waals surface area (Å²) in [5, 5.41) is 19.0. The van der Waals surface area contributed by atoms with E-state index in [1.807, 2.05) is 32.0 Å². The zero-order valence-corrected chi connectivity index (χ0v) is 13.2. The van der Waals surface area contributed by atoms with E-state index in [0.717, 1.165) is 25.9 Å². The zero-order valence-electron chi connectivity index (χ0n) is 13.2.